The molecule has 0 heterocycles. The maximum Gasteiger partial charge on any atom is 0.257 e. The number of rotatable bonds is 2. The lowest BCUT2D eigenvalue weighted by Gasteiger charge is -2.12. The molecule has 0 aliphatic heterocycles. The smallest absolute Gasteiger partial charge is 0.257 e. The van der Waals surface area contributed by atoms with Crippen LogP contribution in [0.2, 0.25) is 0 Å². The molecule has 0 bridgehead atoms. The first kappa shape index (κ1) is 15.9. The van der Waals surface area contributed by atoms with Crippen LogP contribution in [0.1, 0.15) is 10.4 Å². The lowest BCUT2D eigenvalue weighted by Crippen LogP contribution is -2.34. The summed E-state index contributed by atoms with van der Waals surface area (Å²) in [4.78, 5) is 12.1. The van der Waals surface area contributed by atoms with E-state index in [-0.39, 0.29) is 10.9 Å². The Morgan fingerprint density at radius 3 is 2.38 bits per heavy atom. The minimum absolute atomic E-state index is 0.111. The van der Waals surface area contributed by atoms with Crippen LogP contribution in [0.15, 0.2) is 60.7 Å². The lowest BCUT2D eigenvalue weighted by molar-refractivity contribution is 0.0977. The molecule has 0 spiro atoms. The number of phenols is 1. The highest BCUT2D eigenvalue weighted by Crippen LogP contribution is 2.29. The highest BCUT2D eigenvalue weighted by Gasteiger charge is 2.10. The third kappa shape index (κ3) is 3.33. The van der Waals surface area contributed by atoms with Gasteiger partial charge in [-0.2, -0.15) is 0 Å². The van der Waals surface area contributed by atoms with Crippen molar-refractivity contribution in [3.05, 3.63) is 72.0 Å². The second-order valence-corrected chi connectivity index (χ2v) is 5.50. The number of carbonyl (C=O) groups is 1. The van der Waals surface area contributed by atoms with Gasteiger partial charge in [0.15, 0.2) is 5.11 Å². The molecule has 0 unspecified atom stereocenters. The first-order valence-corrected chi connectivity index (χ1v) is 7.54. The van der Waals surface area contributed by atoms with Crippen LogP contribution < -0.4 is 10.6 Å². The first-order valence-electron chi connectivity index (χ1n) is 7.13. The van der Waals surface area contributed by atoms with Gasteiger partial charge in [-0.1, -0.05) is 24.3 Å². The van der Waals surface area contributed by atoms with Crippen molar-refractivity contribution < 1.29 is 14.3 Å². The van der Waals surface area contributed by atoms with Gasteiger partial charge in [0.1, 0.15) is 11.6 Å². The van der Waals surface area contributed by atoms with Crippen molar-refractivity contribution in [2.24, 2.45) is 0 Å². The number of amides is 1. The molecule has 0 aromatic heterocycles. The molecule has 0 saturated heterocycles. The molecule has 0 saturated carbocycles. The molecule has 4 nitrogen and oxygen atoms in total. The number of hydrogen-bond donors (Lipinski definition) is 3. The van der Waals surface area contributed by atoms with E-state index in [9.17, 15) is 14.3 Å². The number of carbonyl (C=O) groups excluding carboxylic acids is 1. The Hall–Kier alpha value is -2.99. The first-order chi connectivity index (χ1) is 11.5. The lowest BCUT2D eigenvalue weighted by atomic mass is 10.1. The number of nitrogens with one attached hydrogen (secondary N) is 2. The van der Waals surface area contributed by atoms with Gasteiger partial charge in [-0.05, 0) is 48.6 Å². The van der Waals surface area contributed by atoms with Crippen molar-refractivity contribution >= 4 is 39.7 Å². The van der Waals surface area contributed by atoms with E-state index in [2.05, 4.69) is 10.6 Å². The minimum atomic E-state index is -0.435. The molecule has 3 aromatic rings. The summed E-state index contributed by atoms with van der Waals surface area (Å²) in [6.45, 7) is 0. The molecule has 0 radical (unpaired) electrons. The zero-order valence-corrected chi connectivity index (χ0v) is 13.2. The van der Waals surface area contributed by atoms with E-state index >= 15 is 0 Å². The van der Waals surface area contributed by atoms with Crippen LogP contribution in [0.4, 0.5) is 10.1 Å². The van der Waals surface area contributed by atoms with Crippen molar-refractivity contribution in [2.75, 3.05) is 5.32 Å². The third-order valence-corrected chi connectivity index (χ3v) is 3.68. The van der Waals surface area contributed by atoms with Gasteiger partial charge in [0.25, 0.3) is 5.91 Å². The Kier molecular flexibility index (Phi) is 4.39. The number of anilines is 1. The van der Waals surface area contributed by atoms with Crippen molar-refractivity contribution in [1.82, 2.24) is 5.32 Å². The molecule has 1 amide bonds. The number of halogens is 1. The third-order valence-electron chi connectivity index (χ3n) is 3.48. The van der Waals surface area contributed by atoms with Gasteiger partial charge in [-0.15, -0.1) is 0 Å². The summed E-state index contributed by atoms with van der Waals surface area (Å²) in [7, 11) is 0. The molecule has 3 aromatic carbocycles. The number of aromatic hydroxyl groups is 1. The molecule has 0 aliphatic carbocycles. The number of fused-ring (bicyclic) bond motifs is 1. The van der Waals surface area contributed by atoms with E-state index in [4.69, 9.17) is 12.2 Å². The van der Waals surface area contributed by atoms with Gasteiger partial charge in [0, 0.05) is 22.0 Å². The fraction of sp³-hybridized carbons (Fsp3) is 0. The van der Waals surface area contributed by atoms with Gasteiger partial charge >= 0.3 is 0 Å². The Bertz CT molecular complexity index is 926. The van der Waals surface area contributed by atoms with Gasteiger partial charge in [-0.3, -0.25) is 10.1 Å². The molecule has 0 atom stereocenters. The molecule has 3 N–H and O–H groups in total. The van der Waals surface area contributed by atoms with E-state index in [1.54, 1.807) is 30.3 Å². The molecule has 3 rings (SSSR count). The number of hydrogen-bond acceptors (Lipinski definition) is 3. The zero-order valence-electron chi connectivity index (χ0n) is 12.4. The zero-order chi connectivity index (χ0) is 17.1. The predicted molar refractivity (Wildman–Crippen MR) is 95.7 cm³/mol. The SMILES string of the molecule is O=C(NC(=S)Nc1cccc2c(O)cccc12)c1ccc(F)cc1. The van der Waals surface area contributed by atoms with E-state index in [0.717, 1.165) is 5.39 Å². The van der Waals surface area contributed by atoms with Crippen LogP contribution in [0.5, 0.6) is 5.75 Å². The Morgan fingerprint density at radius 2 is 1.62 bits per heavy atom. The van der Waals surface area contributed by atoms with Crippen LogP contribution in [0.3, 0.4) is 0 Å². The van der Waals surface area contributed by atoms with Crippen molar-refractivity contribution in [3.63, 3.8) is 0 Å². The largest absolute Gasteiger partial charge is 0.507 e. The Balaban J connectivity index is 1.77. The maximum atomic E-state index is 12.9. The topological polar surface area (TPSA) is 61.4 Å². The van der Waals surface area contributed by atoms with E-state index in [1.165, 1.54) is 24.3 Å². The Morgan fingerprint density at radius 1 is 0.958 bits per heavy atom. The number of thiocarbonyl (C=S) groups is 1. The Labute approximate surface area is 142 Å². The summed E-state index contributed by atoms with van der Waals surface area (Å²) >= 11 is 5.15. The maximum absolute atomic E-state index is 12.9. The summed E-state index contributed by atoms with van der Waals surface area (Å²) in [6, 6.07) is 15.7. The average molecular weight is 340 g/mol. The summed E-state index contributed by atoms with van der Waals surface area (Å²) in [5, 5.41) is 16.9. The molecule has 0 aliphatic rings. The van der Waals surface area contributed by atoms with Crippen LogP contribution in [0, 0.1) is 5.82 Å². The van der Waals surface area contributed by atoms with Crippen molar-refractivity contribution in [2.45, 2.75) is 0 Å². The molecule has 24 heavy (non-hydrogen) atoms. The van der Waals surface area contributed by atoms with Gasteiger partial charge < -0.3 is 10.4 Å². The summed E-state index contributed by atoms with van der Waals surface area (Å²) in [6.07, 6.45) is 0. The van der Waals surface area contributed by atoms with E-state index in [1.807, 2.05) is 6.07 Å². The fourth-order valence-corrected chi connectivity index (χ4v) is 2.54. The number of benzene rings is 3. The van der Waals surface area contributed by atoms with Gasteiger partial charge in [-0.25, -0.2) is 4.39 Å². The van der Waals surface area contributed by atoms with Gasteiger partial charge in [0.2, 0.25) is 0 Å². The second-order valence-electron chi connectivity index (χ2n) is 5.09. The standard InChI is InChI=1S/C18H13FN2O2S/c19-12-9-7-11(8-10-12)17(23)21-18(24)20-15-5-1-4-14-13(15)3-2-6-16(14)22/h1-10,22H,(H2,20,21,23,24). The monoisotopic (exact) mass is 340 g/mol. The highest BCUT2D eigenvalue weighted by molar-refractivity contribution is 7.80. The normalized spacial score (nSPS) is 10.4. The second kappa shape index (κ2) is 6.64. The number of phenolic OH excluding ortho intramolecular Hbond substituents is 1. The van der Waals surface area contributed by atoms with E-state index < -0.39 is 11.7 Å². The molecule has 120 valence electrons. The molecular formula is C18H13FN2O2S. The fourth-order valence-electron chi connectivity index (χ4n) is 2.33. The molecule has 0 fully saturated rings. The molecular weight excluding hydrogens is 327 g/mol. The summed E-state index contributed by atoms with van der Waals surface area (Å²) in [5.41, 5.74) is 0.962. The van der Waals surface area contributed by atoms with Crippen LogP contribution >= 0.6 is 12.2 Å². The minimum Gasteiger partial charge on any atom is -0.507 e. The summed E-state index contributed by atoms with van der Waals surface area (Å²) in [5.74, 6) is -0.684. The highest BCUT2D eigenvalue weighted by atomic mass is 32.1. The van der Waals surface area contributed by atoms with Crippen molar-refractivity contribution in [3.8, 4) is 5.75 Å². The van der Waals surface area contributed by atoms with Crippen LogP contribution in [-0.2, 0) is 0 Å². The van der Waals surface area contributed by atoms with E-state index in [0.29, 0.717) is 16.6 Å². The van der Waals surface area contributed by atoms with Crippen LogP contribution in [0.25, 0.3) is 10.8 Å². The van der Waals surface area contributed by atoms with Crippen molar-refractivity contribution in [1.29, 1.82) is 0 Å². The van der Waals surface area contributed by atoms with Crippen LogP contribution in [-0.4, -0.2) is 16.1 Å². The summed E-state index contributed by atoms with van der Waals surface area (Å²) < 4.78 is 12.9. The average Bonchev–Trinajstić information content (AvgIpc) is 2.56. The molecule has 6 heteroatoms. The quantitative estimate of drug-likeness (QED) is 0.621. The van der Waals surface area contributed by atoms with Gasteiger partial charge in [0.05, 0.1) is 0 Å². The predicted octanol–water partition coefficient (Wildman–Crippen LogP) is 3.81.